The molecule has 0 radical (unpaired) electrons. The van der Waals surface area contributed by atoms with Gasteiger partial charge in [-0.2, -0.15) is 0 Å². The van der Waals surface area contributed by atoms with E-state index in [4.69, 9.17) is 9.47 Å². The molecule has 0 aliphatic carbocycles. The first-order valence-electron chi connectivity index (χ1n) is 4.94. The molecule has 0 aromatic carbocycles. The molecule has 1 unspecified atom stereocenters. The van der Waals surface area contributed by atoms with Gasteiger partial charge in [-0.15, -0.1) is 0 Å². The number of ether oxygens (including phenoxy) is 2. The summed E-state index contributed by atoms with van der Waals surface area (Å²) in [4.78, 5) is 0. The Morgan fingerprint density at radius 1 is 1.15 bits per heavy atom. The van der Waals surface area contributed by atoms with Gasteiger partial charge in [0.2, 0.25) is 0 Å². The molecule has 0 aromatic rings. The van der Waals surface area contributed by atoms with Crippen LogP contribution in [0.2, 0.25) is 0 Å². The Kier molecular flexibility index (Phi) is 10.8. The monoisotopic (exact) mass is 252 g/mol. The largest absolute Gasteiger partial charge is 0.382 e. The topological polar surface area (TPSA) is 18.5 Å². The first kappa shape index (κ1) is 13.4. The zero-order valence-electron chi connectivity index (χ0n) is 8.72. The Balaban J connectivity index is 2.91. The molecule has 80 valence electrons. The lowest BCUT2D eigenvalue weighted by molar-refractivity contribution is 0.0683. The van der Waals surface area contributed by atoms with E-state index in [0.717, 1.165) is 24.5 Å². The van der Waals surface area contributed by atoms with Crippen LogP contribution in [0.1, 0.15) is 26.2 Å². The maximum atomic E-state index is 5.35. The third-order valence-corrected chi connectivity index (χ3v) is 3.04. The van der Waals surface area contributed by atoms with Crippen LogP contribution in [-0.2, 0) is 9.47 Å². The summed E-state index contributed by atoms with van der Waals surface area (Å²) in [5.74, 6) is 0.791. The molecular formula is C10H21BrO2. The quantitative estimate of drug-likeness (QED) is 0.464. The normalized spacial score (nSPS) is 13.2. The van der Waals surface area contributed by atoms with E-state index >= 15 is 0 Å². The highest BCUT2D eigenvalue weighted by Gasteiger charge is 1.98. The third kappa shape index (κ3) is 10.3. The lowest BCUT2D eigenvalue weighted by Gasteiger charge is -2.07. The Labute approximate surface area is 90.1 Å². The molecule has 0 N–H and O–H groups in total. The van der Waals surface area contributed by atoms with Gasteiger partial charge in [-0.25, -0.2) is 0 Å². The predicted molar refractivity (Wildman–Crippen MR) is 59.5 cm³/mol. The molecule has 0 aliphatic rings. The minimum atomic E-state index is 0.706. The number of rotatable bonds is 9. The van der Waals surface area contributed by atoms with Crippen LogP contribution >= 0.6 is 15.9 Å². The Hall–Kier alpha value is 0.400. The van der Waals surface area contributed by atoms with Gasteiger partial charge in [0.25, 0.3) is 0 Å². The molecule has 0 aromatic heterocycles. The Morgan fingerprint density at radius 3 is 2.54 bits per heavy atom. The van der Waals surface area contributed by atoms with Crippen molar-refractivity contribution in [3.63, 3.8) is 0 Å². The minimum Gasteiger partial charge on any atom is -0.382 e. The van der Waals surface area contributed by atoms with E-state index in [-0.39, 0.29) is 0 Å². The van der Waals surface area contributed by atoms with Crippen LogP contribution in [0.5, 0.6) is 0 Å². The first-order valence-corrected chi connectivity index (χ1v) is 6.06. The number of halogens is 1. The van der Waals surface area contributed by atoms with Gasteiger partial charge in [0, 0.05) is 19.0 Å². The molecule has 0 saturated carbocycles. The van der Waals surface area contributed by atoms with Crippen LogP contribution in [-0.4, -0.2) is 32.3 Å². The molecule has 1 atom stereocenters. The van der Waals surface area contributed by atoms with Crippen molar-refractivity contribution in [3.8, 4) is 0 Å². The number of alkyl halides is 1. The van der Waals surface area contributed by atoms with E-state index < -0.39 is 0 Å². The zero-order chi connectivity index (χ0) is 9.94. The summed E-state index contributed by atoms with van der Waals surface area (Å²) in [5.41, 5.74) is 0. The van der Waals surface area contributed by atoms with Gasteiger partial charge in [0.1, 0.15) is 0 Å². The van der Waals surface area contributed by atoms with Gasteiger partial charge in [-0.05, 0) is 18.8 Å². The van der Waals surface area contributed by atoms with Crippen LogP contribution in [0.3, 0.4) is 0 Å². The highest BCUT2D eigenvalue weighted by molar-refractivity contribution is 9.09. The first-order chi connectivity index (χ1) is 6.31. The van der Waals surface area contributed by atoms with Crippen LogP contribution in [0.4, 0.5) is 0 Å². The average Bonchev–Trinajstić information content (AvgIpc) is 2.16. The molecule has 0 rings (SSSR count). The average molecular weight is 253 g/mol. The molecule has 2 nitrogen and oxygen atoms in total. The molecule has 0 heterocycles. The highest BCUT2D eigenvalue weighted by Crippen LogP contribution is 2.09. The van der Waals surface area contributed by atoms with Crippen molar-refractivity contribution in [2.24, 2.45) is 5.92 Å². The zero-order valence-corrected chi connectivity index (χ0v) is 10.3. The van der Waals surface area contributed by atoms with Crippen molar-refractivity contribution in [2.45, 2.75) is 26.2 Å². The number of methoxy groups -OCH3 is 1. The lowest BCUT2D eigenvalue weighted by atomic mass is 10.1. The molecule has 13 heavy (non-hydrogen) atoms. The van der Waals surface area contributed by atoms with Crippen molar-refractivity contribution in [1.82, 2.24) is 0 Å². The lowest BCUT2D eigenvalue weighted by Crippen LogP contribution is -2.03. The summed E-state index contributed by atoms with van der Waals surface area (Å²) >= 11 is 3.47. The van der Waals surface area contributed by atoms with Crippen molar-refractivity contribution < 1.29 is 9.47 Å². The summed E-state index contributed by atoms with van der Waals surface area (Å²) in [5, 5.41) is 1.11. The van der Waals surface area contributed by atoms with Crippen LogP contribution in [0, 0.1) is 5.92 Å². The second-order valence-corrected chi connectivity index (χ2v) is 4.01. The number of hydrogen-bond acceptors (Lipinski definition) is 2. The Bertz CT molecular complexity index is 98.9. The second kappa shape index (κ2) is 10.5. The molecular weight excluding hydrogens is 232 g/mol. The number of unbranched alkanes of at least 4 members (excludes halogenated alkanes) is 1. The van der Waals surface area contributed by atoms with Crippen molar-refractivity contribution >= 4 is 15.9 Å². The van der Waals surface area contributed by atoms with Crippen LogP contribution in [0.25, 0.3) is 0 Å². The van der Waals surface area contributed by atoms with Crippen LogP contribution < -0.4 is 0 Å². The van der Waals surface area contributed by atoms with Crippen molar-refractivity contribution in [1.29, 1.82) is 0 Å². The molecule has 0 fully saturated rings. The van der Waals surface area contributed by atoms with Crippen molar-refractivity contribution in [3.05, 3.63) is 0 Å². The molecule has 0 saturated heterocycles. The predicted octanol–water partition coefficient (Wildman–Crippen LogP) is 2.85. The van der Waals surface area contributed by atoms with Gasteiger partial charge in [0.05, 0.1) is 13.2 Å². The van der Waals surface area contributed by atoms with E-state index in [0.29, 0.717) is 6.61 Å². The van der Waals surface area contributed by atoms with Gasteiger partial charge in [-0.1, -0.05) is 29.3 Å². The smallest absolute Gasteiger partial charge is 0.0700 e. The Morgan fingerprint density at radius 2 is 1.92 bits per heavy atom. The van der Waals surface area contributed by atoms with E-state index in [9.17, 15) is 0 Å². The maximum absolute atomic E-state index is 5.35. The van der Waals surface area contributed by atoms with E-state index in [1.807, 2.05) is 0 Å². The van der Waals surface area contributed by atoms with E-state index in [1.165, 1.54) is 19.3 Å². The fourth-order valence-electron chi connectivity index (χ4n) is 1.02. The molecule has 3 heteroatoms. The fourth-order valence-corrected chi connectivity index (χ4v) is 1.34. The van der Waals surface area contributed by atoms with E-state index in [2.05, 4.69) is 22.9 Å². The minimum absolute atomic E-state index is 0.706. The summed E-state index contributed by atoms with van der Waals surface area (Å²) in [6, 6.07) is 0. The van der Waals surface area contributed by atoms with Crippen LogP contribution in [0.15, 0.2) is 0 Å². The molecule has 0 bridgehead atoms. The molecule has 0 amide bonds. The van der Waals surface area contributed by atoms with E-state index in [1.54, 1.807) is 7.11 Å². The summed E-state index contributed by atoms with van der Waals surface area (Å²) in [6.45, 7) is 4.57. The van der Waals surface area contributed by atoms with Crippen molar-refractivity contribution in [2.75, 3.05) is 32.3 Å². The number of hydrogen-bond donors (Lipinski definition) is 0. The molecule has 0 spiro atoms. The highest BCUT2D eigenvalue weighted by atomic mass is 79.9. The van der Waals surface area contributed by atoms with Gasteiger partial charge in [-0.3, -0.25) is 0 Å². The van der Waals surface area contributed by atoms with Gasteiger partial charge < -0.3 is 9.47 Å². The molecule has 0 aliphatic heterocycles. The maximum Gasteiger partial charge on any atom is 0.0700 e. The summed E-state index contributed by atoms with van der Waals surface area (Å²) in [7, 11) is 1.70. The van der Waals surface area contributed by atoms with Gasteiger partial charge in [0.15, 0.2) is 0 Å². The SMILES string of the molecule is COCCOCCCCC(C)CBr. The summed E-state index contributed by atoms with van der Waals surface area (Å²) in [6.07, 6.45) is 3.72. The summed E-state index contributed by atoms with van der Waals surface area (Å²) < 4.78 is 10.2. The second-order valence-electron chi connectivity index (χ2n) is 3.36. The van der Waals surface area contributed by atoms with Gasteiger partial charge >= 0.3 is 0 Å². The fraction of sp³-hybridized carbons (Fsp3) is 1.00. The standard InChI is InChI=1S/C10H21BrO2/c1-10(9-11)5-3-4-6-13-8-7-12-2/h10H,3-9H2,1-2H3. The third-order valence-electron chi connectivity index (χ3n) is 1.93.